The van der Waals surface area contributed by atoms with Crippen molar-refractivity contribution in [3.8, 4) is 0 Å². The van der Waals surface area contributed by atoms with Crippen LogP contribution in [0.5, 0.6) is 0 Å². The van der Waals surface area contributed by atoms with Gasteiger partial charge in [0.05, 0.1) is 23.2 Å². The number of rotatable bonds is 1. The van der Waals surface area contributed by atoms with Gasteiger partial charge in [0.1, 0.15) is 0 Å². The van der Waals surface area contributed by atoms with Crippen LogP contribution in [0.25, 0.3) is 0 Å². The largest absolute Gasteiger partial charge is 0.352 e. The van der Waals surface area contributed by atoms with Crippen LogP contribution in [0.4, 0.5) is 5.69 Å². The van der Waals surface area contributed by atoms with E-state index in [1.807, 2.05) is 6.07 Å². The Bertz CT molecular complexity index is 807. The molecule has 2 aliphatic rings. The molecule has 0 fully saturated rings. The predicted molar refractivity (Wildman–Crippen MR) is 79.6 cm³/mol. The Morgan fingerprint density at radius 1 is 0.864 bits per heavy atom. The third-order valence-corrected chi connectivity index (χ3v) is 4.10. The van der Waals surface area contributed by atoms with Gasteiger partial charge in [0, 0.05) is 6.54 Å². The first-order valence-corrected chi connectivity index (χ1v) is 7.02. The normalized spacial score (nSPS) is 16.4. The van der Waals surface area contributed by atoms with Crippen molar-refractivity contribution >= 4 is 23.4 Å². The number of carbonyl (C=O) groups is 3. The molecule has 4 rings (SSSR count). The molecule has 22 heavy (non-hydrogen) atoms. The number of benzene rings is 2. The summed E-state index contributed by atoms with van der Waals surface area (Å²) in [6.45, 7) is 0.331. The van der Waals surface area contributed by atoms with Crippen LogP contribution in [-0.4, -0.2) is 17.7 Å². The van der Waals surface area contributed by atoms with Crippen molar-refractivity contribution in [1.29, 1.82) is 0 Å². The van der Waals surface area contributed by atoms with Gasteiger partial charge in [-0.05, 0) is 29.3 Å². The Labute approximate surface area is 126 Å². The van der Waals surface area contributed by atoms with Gasteiger partial charge < -0.3 is 5.32 Å². The van der Waals surface area contributed by atoms with E-state index in [0.717, 1.165) is 11.1 Å². The molecule has 5 nitrogen and oxygen atoms in total. The van der Waals surface area contributed by atoms with Gasteiger partial charge in [0.25, 0.3) is 11.8 Å². The molecule has 2 aromatic rings. The maximum absolute atomic E-state index is 12.6. The fourth-order valence-corrected chi connectivity index (χ4v) is 3.03. The van der Waals surface area contributed by atoms with Crippen molar-refractivity contribution < 1.29 is 14.4 Å². The summed E-state index contributed by atoms with van der Waals surface area (Å²) in [4.78, 5) is 37.9. The molecular formula is C17H12N2O3. The van der Waals surface area contributed by atoms with Crippen molar-refractivity contribution in [2.75, 3.05) is 4.90 Å². The summed E-state index contributed by atoms with van der Waals surface area (Å²) in [7, 11) is 0. The number of nitrogens with one attached hydrogen (secondary N) is 1. The van der Waals surface area contributed by atoms with E-state index in [2.05, 4.69) is 5.32 Å². The highest BCUT2D eigenvalue weighted by Gasteiger charge is 2.38. The predicted octanol–water partition coefficient (Wildman–Crippen LogP) is 1.66. The lowest BCUT2D eigenvalue weighted by atomic mass is 9.98. The number of carbonyl (C=O) groups excluding carboxylic acids is 3. The molecule has 2 heterocycles. The number of nitrogens with zero attached hydrogens (tertiary/aromatic N) is 1. The fourth-order valence-electron chi connectivity index (χ4n) is 3.03. The quantitative estimate of drug-likeness (QED) is 0.813. The number of hydrogen-bond acceptors (Lipinski definition) is 3. The van der Waals surface area contributed by atoms with Gasteiger partial charge in [-0.3, -0.25) is 14.4 Å². The van der Waals surface area contributed by atoms with Crippen molar-refractivity contribution in [3.05, 3.63) is 64.7 Å². The van der Waals surface area contributed by atoms with Crippen molar-refractivity contribution in [2.24, 2.45) is 0 Å². The van der Waals surface area contributed by atoms with E-state index >= 15 is 0 Å². The Morgan fingerprint density at radius 2 is 1.55 bits per heavy atom. The molecule has 2 aromatic carbocycles. The van der Waals surface area contributed by atoms with Gasteiger partial charge in [-0.15, -0.1) is 0 Å². The van der Waals surface area contributed by atoms with Crippen LogP contribution in [0.1, 0.15) is 31.8 Å². The maximum atomic E-state index is 12.6. The number of amides is 3. The topological polar surface area (TPSA) is 66.5 Å². The summed E-state index contributed by atoms with van der Waals surface area (Å²) in [6, 6.07) is 12.2. The molecule has 108 valence electrons. The summed E-state index contributed by atoms with van der Waals surface area (Å²) in [5.74, 6) is -0.677. The highest BCUT2D eigenvalue weighted by molar-refractivity contribution is 6.34. The lowest BCUT2D eigenvalue weighted by Gasteiger charge is -2.24. The van der Waals surface area contributed by atoms with E-state index in [9.17, 15) is 14.4 Å². The lowest BCUT2D eigenvalue weighted by molar-refractivity contribution is -0.121. The van der Waals surface area contributed by atoms with Crippen molar-refractivity contribution in [2.45, 2.75) is 13.0 Å². The second-order valence-corrected chi connectivity index (χ2v) is 5.36. The molecule has 0 aromatic heterocycles. The molecule has 0 saturated carbocycles. The Balaban J connectivity index is 1.85. The van der Waals surface area contributed by atoms with Crippen molar-refractivity contribution in [1.82, 2.24) is 5.32 Å². The van der Waals surface area contributed by atoms with Crippen LogP contribution in [0.15, 0.2) is 42.5 Å². The smallest absolute Gasteiger partial charge is 0.266 e. The number of anilines is 1. The third kappa shape index (κ3) is 1.69. The molecular weight excluding hydrogens is 280 g/mol. The highest BCUT2D eigenvalue weighted by atomic mass is 16.2. The van der Waals surface area contributed by atoms with Crippen LogP contribution >= 0.6 is 0 Å². The van der Waals surface area contributed by atoms with Crippen molar-refractivity contribution in [3.63, 3.8) is 0 Å². The molecule has 2 aliphatic heterocycles. The first-order valence-electron chi connectivity index (χ1n) is 7.02. The minimum atomic E-state index is -0.314. The SMILES string of the molecule is O=C1Cc2cccc(N3C(=O)c4ccccc4C3=O)c2CN1. The molecule has 0 saturated heterocycles. The molecule has 0 atom stereocenters. The van der Waals surface area contributed by atoms with Crippen LogP contribution in [0, 0.1) is 0 Å². The Hall–Kier alpha value is -2.95. The average Bonchev–Trinajstić information content (AvgIpc) is 2.78. The summed E-state index contributed by atoms with van der Waals surface area (Å²) >= 11 is 0. The summed E-state index contributed by atoms with van der Waals surface area (Å²) < 4.78 is 0. The highest BCUT2D eigenvalue weighted by Crippen LogP contribution is 2.33. The van der Waals surface area contributed by atoms with E-state index in [4.69, 9.17) is 0 Å². The van der Waals surface area contributed by atoms with Crippen LogP contribution < -0.4 is 10.2 Å². The van der Waals surface area contributed by atoms with Crippen LogP contribution in [0.2, 0.25) is 0 Å². The van der Waals surface area contributed by atoms with Gasteiger partial charge in [0.2, 0.25) is 5.91 Å². The van der Waals surface area contributed by atoms with E-state index in [0.29, 0.717) is 23.4 Å². The molecule has 5 heteroatoms. The van der Waals surface area contributed by atoms with Crippen LogP contribution in [-0.2, 0) is 17.8 Å². The van der Waals surface area contributed by atoms with Gasteiger partial charge in [-0.1, -0.05) is 24.3 Å². The molecule has 0 spiro atoms. The van der Waals surface area contributed by atoms with Gasteiger partial charge in [-0.25, -0.2) is 4.90 Å². The molecule has 0 bridgehead atoms. The zero-order chi connectivity index (χ0) is 15.3. The summed E-state index contributed by atoms with van der Waals surface area (Å²) in [6.07, 6.45) is 0.270. The molecule has 0 radical (unpaired) electrons. The summed E-state index contributed by atoms with van der Waals surface area (Å²) in [5.41, 5.74) is 3.09. The minimum absolute atomic E-state index is 0.0491. The molecule has 3 amide bonds. The molecule has 0 unspecified atom stereocenters. The minimum Gasteiger partial charge on any atom is -0.352 e. The van der Waals surface area contributed by atoms with E-state index in [1.54, 1.807) is 36.4 Å². The second-order valence-electron chi connectivity index (χ2n) is 5.36. The maximum Gasteiger partial charge on any atom is 0.266 e. The average molecular weight is 292 g/mol. The third-order valence-electron chi connectivity index (χ3n) is 4.10. The zero-order valence-corrected chi connectivity index (χ0v) is 11.6. The molecule has 0 aliphatic carbocycles. The monoisotopic (exact) mass is 292 g/mol. The standard InChI is InChI=1S/C17H12N2O3/c20-15-8-10-4-3-7-14(13(10)9-18-15)19-16(21)11-5-1-2-6-12(11)17(19)22/h1-7H,8-9H2,(H,18,20). The van der Waals surface area contributed by atoms with Gasteiger partial charge >= 0.3 is 0 Å². The first kappa shape index (κ1) is 12.8. The summed E-state index contributed by atoms with van der Waals surface area (Å²) in [5, 5.41) is 2.76. The van der Waals surface area contributed by atoms with Crippen LogP contribution in [0.3, 0.4) is 0 Å². The zero-order valence-electron chi connectivity index (χ0n) is 11.6. The van der Waals surface area contributed by atoms with E-state index < -0.39 is 0 Å². The lowest BCUT2D eigenvalue weighted by Crippen LogP contribution is -2.35. The van der Waals surface area contributed by atoms with Gasteiger partial charge in [0.15, 0.2) is 0 Å². The van der Waals surface area contributed by atoms with Gasteiger partial charge in [-0.2, -0.15) is 0 Å². The Morgan fingerprint density at radius 3 is 2.23 bits per heavy atom. The second kappa shape index (κ2) is 4.53. The number of hydrogen-bond donors (Lipinski definition) is 1. The molecule has 1 N–H and O–H groups in total. The first-order chi connectivity index (χ1) is 10.7. The number of fused-ring (bicyclic) bond motifs is 2. The Kier molecular flexibility index (Phi) is 2.63. The number of imide groups is 1. The van der Waals surface area contributed by atoms with E-state index in [-0.39, 0.29) is 24.1 Å². The fraction of sp³-hybridized carbons (Fsp3) is 0.118. The van der Waals surface area contributed by atoms with E-state index in [1.165, 1.54) is 4.90 Å².